The van der Waals surface area contributed by atoms with E-state index in [1.165, 1.54) is 0 Å². The highest BCUT2D eigenvalue weighted by molar-refractivity contribution is 9.10. The standard InChI is InChI=1S/C14H10Br2ClNO/c1-8-10(3-2-4-11(8)15)14(19)18-9-5-6-13(17)12(16)7-9/h2-7H,1H3,(H,18,19). The van der Waals surface area contributed by atoms with Gasteiger partial charge < -0.3 is 5.32 Å². The van der Waals surface area contributed by atoms with Gasteiger partial charge in [-0.25, -0.2) is 0 Å². The Bertz CT molecular complexity index is 643. The van der Waals surface area contributed by atoms with E-state index in [0.717, 1.165) is 14.5 Å². The van der Waals surface area contributed by atoms with Gasteiger partial charge >= 0.3 is 0 Å². The number of halogens is 3. The molecule has 0 saturated carbocycles. The highest BCUT2D eigenvalue weighted by atomic mass is 79.9. The van der Waals surface area contributed by atoms with Crippen molar-refractivity contribution in [3.05, 3.63) is 61.5 Å². The Balaban J connectivity index is 2.26. The highest BCUT2D eigenvalue weighted by Gasteiger charge is 2.11. The van der Waals surface area contributed by atoms with Crippen LogP contribution in [0.15, 0.2) is 45.3 Å². The maximum atomic E-state index is 12.2. The van der Waals surface area contributed by atoms with Gasteiger partial charge in [-0.3, -0.25) is 4.79 Å². The number of rotatable bonds is 2. The highest BCUT2D eigenvalue weighted by Crippen LogP contribution is 2.26. The van der Waals surface area contributed by atoms with Crippen molar-refractivity contribution in [3.8, 4) is 0 Å². The third-order valence-electron chi connectivity index (χ3n) is 2.69. The maximum absolute atomic E-state index is 12.2. The molecule has 0 aliphatic carbocycles. The van der Waals surface area contributed by atoms with Crippen molar-refractivity contribution in [1.29, 1.82) is 0 Å². The lowest BCUT2D eigenvalue weighted by atomic mass is 10.1. The SMILES string of the molecule is Cc1c(Br)cccc1C(=O)Nc1ccc(Cl)c(Br)c1. The predicted octanol–water partition coefficient (Wildman–Crippen LogP) is 5.43. The first-order chi connectivity index (χ1) is 8.99. The van der Waals surface area contributed by atoms with Crippen molar-refractivity contribution < 1.29 is 4.79 Å². The number of carbonyl (C=O) groups excluding carboxylic acids is 1. The van der Waals surface area contributed by atoms with Crippen molar-refractivity contribution in [1.82, 2.24) is 0 Å². The van der Waals surface area contributed by atoms with Gasteiger partial charge in [0.2, 0.25) is 0 Å². The number of hydrogen-bond donors (Lipinski definition) is 1. The zero-order chi connectivity index (χ0) is 14.0. The van der Waals surface area contributed by atoms with Crippen LogP contribution < -0.4 is 5.32 Å². The van der Waals surface area contributed by atoms with Gasteiger partial charge in [0.05, 0.1) is 5.02 Å². The van der Waals surface area contributed by atoms with Gasteiger partial charge in [-0.15, -0.1) is 0 Å². The van der Waals surface area contributed by atoms with E-state index < -0.39 is 0 Å². The molecule has 2 aromatic carbocycles. The lowest BCUT2D eigenvalue weighted by Gasteiger charge is -2.09. The molecule has 0 heterocycles. The zero-order valence-electron chi connectivity index (χ0n) is 10.0. The average molecular weight is 404 g/mol. The average Bonchev–Trinajstić information content (AvgIpc) is 2.37. The molecule has 0 unspecified atom stereocenters. The fourth-order valence-corrected chi connectivity index (χ4v) is 2.49. The lowest BCUT2D eigenvalue weighted by molar-refractivity contribution is 0.102. The Morgan fingerprint density at radius 2 is 1.89 bits per heavy atom. The first-order valence-electron chi connectivity index (χ1n) is 5.50. The molecular weight excluding hydrogens is 393 g/mol. The molecule has 0 aliphatic rings. The Morgan fingerprint density at radius 3 is 2.58 bits per heavy atom. The molecule has 0 bridgehead atoms. The summed E-state index contributed by atoms with van der Waals surface area (Å²) in [5.41, 5.74) is 2.24. The number of carbonyl (C=O) groups is 1. The minimum Gasteiger partial charge on any atom is -0.322 e. The fraction of sp³-hybridized carbons (Fsp3) is 0.0714. The first kappa shape index (κ1) is 14.6. The predicted molar refractivity (Wildman–Crippen MR) is 86.0 cm³/mol. The number of amides is 1. The molecule has 0 fully saturated rings. The minimum atomic E-state index is -0.145. The Kier molecular flexibility index (Phi) is 4.66. The van der Waals surface area contributed by atoms with E-state index in [4.69, 9.17) is 11.6 Å². The summed E-state index contributed by atoms with van der Waals surface area (Å²) in [4.78, 5) is 12.2. The molecule has 0 spiro atoms. The van der Waals surface area contributed by atoms with Crippen LogP contribution in [-0.4, -0.2) is 5.91 Å². The van der Waals surface area contributed by atoms with Gasteiger partial charge in [0.1, 0.15) is 0 Å². The molecule has 0 radical (unpaired) electrons. The largest absolute Gasteiger partial charge is 0.322 e. The van der Waals surface area contributed by atoms with Crippen LogP contribution in [0.3, 0.4) is 0 Å². The molecule has 2 rings (SSSR count). The quantitative estimate of drug-likeness (QED) is 0.712. The molecule has 1 amide bonds. The van der Waals surface area contributed by atoms with E-state index in [-0.39, 0.29) is 5.91 Å². The summed E-state index contributed by atoms with van der Waals surface area (Å²) in [5, 5.41) is 3.45. The van der Waals surface area contributed by atoms with E-state index in [9.17, 15) is 4.79 Å². The molecule has 2 nitrogen and oxygen atoms in total. The van der Waals surface area contributed by atoms with Crippen molar-refractivity contribution >= 4 is 55.1 Å². The molecule has 98 valence electrons. The third-order valence-corrected chi connectivity index (χ3v) is 4.76. The molecule has 5 heteroatoms. The van der Waals surface area contributed by atoms with Gasteiger partial charge in [-0.2, -0.15) is 0 Å². The van der Waals surface area contributed by atoms with Crippen LogP contribution in [0.4, 0.5) is 5.69 Å². The van der Waals surface area contributed by atoms with Gasteiger partial charge in [0, 0.05) is 20.2 Å². The van der Waals surface area contributed by atoms with Crippen LogP contribution in [-0.2, 0) is 0 Å². The Morgan fingerprint density at radius 1 is 1.16 bits per heavy atom. The van der Waals surface area contributed by atoms with E-state index in [1.807, 2.05) is 19.1 Å². The zero-order valence-corrected chi connectivity index (χ0v) is 13.9. The van der Waals surface area contributed by atoms with Gasteiger partial charge in [-0.05, 0) is 58.7 Å². The van der Waals surface area contributed by atoms with E-state index in [2.05, 4.69) is 37.2 Å². The van der Waals surface area contributed by atoms with Crippen LogP contribution >= 0.6 is 43.5 Å². The normalized spacial score (nSPS) is 10.3. The van der Waals surface area contributed by atoms with Crippen LogP contribution in [0.1, 0.15) is 15.9 Å². The molecule has 1 N–H and O–H groups in total. The van der Waals surface area contributed by atoms with Crippen LogP contribution in [0.25, 0.3) is 0 Å². The smallest absolute Gasteiger partial charge is 0.255 e. The van der Waals surface area contributed by atoms with Crippen molar-refractivity contribution in [2.75, 3.05) is 5.32 Å². The first-order valence-corrected chi connectivity index (χ1v) is 7.47. The molecule has 0 aliphatic heterocycles. The second-order valence-corrected chi connectivity index (χ2v) is 6.11. The maximum Gasteiger partial charge on any atom is 0.255 e. The van der Waals surface area contributed by atoms with Crippen molar-refractivity contribution in [3.63, 3.8) is 0 Å². The van der Waals surface area contributed by atoms with Gasteiger partial charge in [-0.1, -0.05) is 33.6 Å². The monoisotopic (exact) mass is 401 g/mol. The van der Waals surface area contributed by atoms with Gasteiger partial charge in [0.15, 0.2) is 0 Å². The summed E-state index contributed by atoms with van der Waals surface area (Å²) in [7, 11) is 0. The minimum absolute atomic E-state index is 0.145. The summed E-state index contributed by atoms with van der Waals surface area (Å²) < 4.78 is 1.66. The topological polar surface area (TPSA) is 29.1 Å². The van der Waals surface area contributed by atoms with Crippen molar-refractivity contribution in [2.24, 2.45) is 0 Å². The van der Waals surface area contributed by atoms with Crippen LogP contribution in [0, 0.1) is 6.92 Å². The van der Waals surface area contributed by atoms with Crippen LogP contribution in [0.5, 0.6) is 0 Å². The molecule has 0 saturated heterocycles. The van der Waals surface area contributed by atoms with E-state index in [1.54, 1.807) is 24.3 Å². The van der Waals surface area contributed by atoms with E-state index in [0.29, 0.717) is 16.3 Å². The number of benzene rings is 2. The molecule has 0 atom stereocenters. The summed E-state index contributed by atoms with van der Waals surface area (Å²) in [6, 6.07) is 10.8. The molecular formula is C14H10Br2ClNO. The Labute approximate surface area is 133 Å². The summed E-state index contributed by atoms with van der Waals surface area (Å²) >= 11 is 12.7. The summed E-state index contributed by atoms with van der Waals surface area (Å²) in [6.07, 6.45) is 0. The molecule has 2 aromatic rings. The summed E-state index contributed by atoms with van der Waals surface area (Å²) in [6.45, 7) is 1.90. The van der Waals surface area contributed by atoms with Crippen molar-refractivity contribution in [2.45, 2.75) is 6.92 Å². The molecule has 0 aromatic heterocycles. The number of hydrogen-bond acceptors (Lipinski definition) is 1. The van der Waals surface area contributed by atoms with Crippen LogP contribution in [0.2, 0.25) is 5.02 Å². The summed E-state index contributed by atoms with van der Waals surface area (Å²) in [5.74, 6) is -0.145. The second kappa shape index (κ2) is 6.07. The third kappa shape index (κ3) is 3.38. The fourth-order valence-electron chi connectivity index (χ4n) is 1.63. The number of nitrogens with one attached hydrogen (secondary N) is 1. The van der Waals surface area contributed by atoms with E-state index >= 15 is 0 Å². The molecule has 19 heavy (non-hydrogen) atoms. The van der Waals surface area contributed by atoms with Gasteiger partial charge in [0.25, 0.3) is 5.91 Å². The number of anilines is 1. The second-order valence-electron chi connectivity index (χ2n) is 4.00. The lowest BCUT2D eigenvalue weighted by Crippen LogP contribution is -2.13. The Hall–Kier alpha value is -0.840.